The number of fused-ring (bicyclic) bond motifs is 5. The molecule has 4 aliphatic rings. The molecule has 3 fully saturated rings. The average molecular weight is 444 g/mol. The Bertz CT molecular complexity index is 695. The Kier molecular flexibility index (Phi) is 7.45. The quantitative estimate of drug-likeness (QED) is 0.422. The monoisotopic (exact) mass is 443 g/mol. The Hall–Kier alpha value is -0.830. The Balaban J connectivity index is 1.37. The van der Waals surface area contributed by atoms with E-state index in [1.807, 2.05) is 0 Å². The molecule has 4 aliphatic carbocycles. The van der Waals surface area contributed by atoms with E-state index in [4.69, 9.17) is 0 Å². The van der Waals surface area contributed by atoms with Crippen LogP contribution in [0.25, 0.3) is 0 Å². The summed E-state index contributed by atoms with van der Waals surface area (Å²) in [5.41, 5.74) is 2.40. The van der Waals surface area contributed by atoms with Gasteiger partial charge in [0.15, 0.2) is 0 Å². The summed E-state index contributed by atoms with van der Waals surface area (Å²) in [6.45, 7) is 11.3. The molecular formula is C29H49NO2. The van der Waals surface area contributed by atoms with E-state index in [2.05, 4.69) is 38.7 Å². The van der Waals surface area contributed by atoms with Crippen LogP contribution in [-0.4, -0.2) is 35.1 Å². The Labute approximate surface area is 197 Å². The minimum absolute atomic E-state index is 0.108. The summed E-state index contributed by atoms with van der Waals surface area (Å²) in [7, 11) is 0. The van der Waals surface area contributed by atoms with Crippen molar-refractivity contribution in [3.8, 4) is 0 Å². The number of allylic oxidation sites excluding steroid dienone is 1. The van der Waals surface area contributed by atoms with Gasteiger partial charge in [-0.05, 0) is 112 Å². The van der Waals surface area contributed by atoms with Crippen LogP contribution in [0.15, 0.2) is 11.6 Å². The highest BCUT2D eigenvalue weighted by Gasteiger charge is 2.58. The van der Waals surface area contributed by atoms with Gasteiger partial charge < -0.3 is 10.0 Å². The van der Waals surface area contributed by atoms with Crippen molar-refractivity contribution >= 4 is 5.91 Å². The summed E-state index contributed by atoms with van der Waals surface area (Å²) in [6, 6.07) is 0. The number of hydrogen-bond donors (Lipinski definition) is 1. The molecule has 4 rings (SSSR count). The van der Waals surface area contributed by atoms with Gasteiger partial charge in [0.2, 0.25) is 5.91 Å². The molecule has 0 aliphatic heterocycles. The maximum absolute atomic E-state index is 12.7. The molecule has 3 heteroatoms. The van der Waals surface area contributed by atoms with Crippen molar-refractivity contribution in [3.63, 3.8) is 0 Å². The van der Waals surface area contributed by atoms with Gasteiger partial charge in [0.1, 0.15) is 0 Å². The lowest BCUT2D eigenvalue weighted by Crippen LogP contribution is -2.50. The van der Waals surface area contributed by atoms with Gasteiger partial charge in [-0.15, -0.1) is 0 Å². The molecule has 0 aromatic rings. The van der Waals surface area contributed by atoms with Gasteiger partial charge in [0.25, 0.3) is 0 Å². The molecule has 0 saturated heterocycles. The summed E-state index contributed by atoms with van der Waals surface area (Å²) >= 11 is 0. The zero-order valence-corrected chi connectivity index (χ0v) is 21.4. The predicted octanol–water partition coefficient (Wildman–Crippen LogP) is 6.75. The first-order chi connectivity index (χ1) is 15.3. The van der Waals surface area contributed by atoms with Crippen molar-refractivity contribution in [1.82, 2.24) is 4.90 Å². The smallest absolute Gasteiger partial charge is 0.222 e. The van der Waals surface area contributed by atoms with Crippen molar-refractivity contribution in [1.29, 1.82) is 0 Å². The van der Waals surface area contributed by atoms with E-state index in [1.54, 1.807) is 5.57 Å². The first-order valence-corrected chi connectivity index (χ1v) is 14.0. The minimum Gasteiger partial charge on any atom is -0.393 e. The normalized spacial score (nSPS) is 40.8. The topological polar surface area (TPSA) is 40.5 Å². The molecule has 7 atom stereocenters. The number of aliphatic hydroxyl groups excluding tert-OH is 1. The second-order valence-corrected chi connectivity index (χ2v) is 12.2. The van der Waals surface area contributed by atoms with Crippen LogP contribution in [-0.2, 0) is 4.79 Å². The molecule has 32 heavy (non-hydrogen) atoms. The molecule has 3 saturated carbocycles. The molecule has 0 unspecified atom stereocenters. The number of rotatable bonds is 8. The number of carbonyl (C=O) groups excluding carboxylic acids is 1. The van der Waals surface area contributed by atoms with Gasteiger partial charge in [-0.3, -0.25) is 4.79 Å². The maximum Gasteiger partial charge on any atom is 0.222 e. The number of amides is 1. The summed E-state index contributed by atoms with van der Waals surface area (Å²) in [5.74, 6) is 3.71. The molecule has 182 valence electrons. The van der Waals surface area contributed by atoms with Crippen molar-refractivity contribution in [2.45, 2.75) is 117 Å². The second-order valence-electron chi connectivity index (χ2n) is 12.2. The van der Waals surface area contributed by atoms with E-state index in [0.717, 1.165) is 75.3 Å². The molecule has 3 nitrogen and oxygen atoms in total. The molecule has 0 spiro atoms. The maximum atomic E-state index is 12.7. The van der Waals surface area contributed by atoms with Crippen LogP contribution in [0.1, 0.15) is 111 Å². The van der Waals surface area contributed by atoms with Gasteiger partial charge in [-0.2, -0.15) is 0 Å². The van der Waals surface area contributed by atoms with Crippen LogP contribution in [0.4, 0.5) is 0 Å². The zero-order chi connectivity index (χ0) is 22.9. The summed E-state index contributed by atoms with van der Waals surface area (Å²) in [6.07, 6.45) is 17.5. The van der Waals surface area contributed by atoms with Gasteiger partial charge >= 0.3 is 0 Å². The largest absolute Gasteiger partial charge is 0.393 e. The van der Waals surface area contributed by atoms with Crippen LogP contribution in [0.5, 0.6) is 0 Å². The standard InChI is InChI=1S/C29H49NO2/c1-5-18-30(19-6-2)27(32)9-7-8-21-11-13-25-24-12-10-22-20-23(31)14-16-29(22,4)26(24)15-17-28(21,25)3/h10,21,23-26,31H,5-9,11-20H2,1-4H3/t21-,23-,24-,25-,26-,28+,29-/m0/s1. The van der Waals surface area contributed by atoms with Gasteiger partial charge in [-0.25, -0.2) is 0 Å². The van der Waals surface area contributed by atoms with E-state index < -0.39 is 0 Å². The number of aliphatic hydroxyl groups is 1. The predicted molar refractivity (Wildman–Crippen MR) is 132 cm³/mol. The second kappa shape index (κ2) is 9.80. The first kappa shape index (κ1) is 24.3. The van der Waals surface area contributed by atoms with Gasteiger partial charge in [0.05, 0.1) is 6.10 Å². The van der Waals surface area contributed by atoms with E-state index in [0.29, 0.717) is 16.7 Å². The Morgan fingerprint density at radius 1 is 1.06 bits per heavy atom. The highest BCUT2D eigenvalue weighted by atomic mass is 16.3. The third-order valence-corrected chi connectivity index (χ3v) is 10.6. The van der Waals surface area contributed by atoms with Crippen molar-refractivity contribution in [2.24, 2.45) is 34.5 Å². The molecule has 0 aromatic heterocycles. The third-order valence-electron chi connectivity index (χ3n) is 10.6. The van der Waals surface area contributed by atoms with Gasteiger partial charge in [0, 0.05) is 19.5 Å². The SMILES string of the molecule is CCCN(CCC)C(=O)CCC[C@H]1CC[C@H]2[C@@H]3CC=C4C[C@@H](O)CC[C@]4(C)[C@H]3CC[C@]12C. The number of nitrogens with zero attached hydrogens (tertiary/aromatic N) is 1. The molecular weight excluding hydrogens is 394 g/mol. The molecule has 0 aromatic carbocycles. The summed E-state index contributed by atoms with van der Waals surface area (Å²) < 4.78 is 0. The molecule has 1 N–H and O–H groups in total. The van der Waals surface area contributed by atoms with Crippen LogP contribution in [0.2, 0.25) is 0 Å². The Morgan fingerprint density at radius 2 is 1.81 bits per heavy atom. The minimum atomic E-state index is -0.108. The van der Waals surface area contributed by atoms with Crippen LogP contribution < -0.4 is 0 Å². The van der Waals surface area contributed by atoms with Crippen molar-refractivity contribution in [2.75, 3.05) is 13.1 Å². The Morgan fingerprint density at radius 3 is 2.53 bits per heavy atom. The third kappa shape index (κ3) is 4.32. The fourth-order valence-electron chi connectivity index (χ4n) is 8.78. The highest BCUT2D eigenvalue weighted by molar-refractivity contribution is 5.76. The molecule has 1 amide bonds. The van der Waals surface area contributed by atoms with Crippen LogP contribution >= 0.6 is 0 Å². The average Bonchev–Trinajstić information content (AvgIpc) is 3.10. The fraction of sp³-hybridized carbons (Fsp3) is 0.897. The molecule has 0 bridgehead atoms. The van der Waals surface area contributed by atoms with Crippen LogP contribution in [0.3, 0.4) is 0 Å². The van der Waals surface area contributed by atoms with Crippen LogP contribution in [0, 0.1) is 34.5 Å². The van der Waals surface area contributed by atoms with E-state index in [1.165, 1.54) is 44.9 Å². The molecule has 0 radical (unpaired) electrons. The van der Waals surface area contributed by atoms with E-state index in [-0.39, 0.29) is 6.10 Å². The van der Waals surface area contributed by atoms with E-state index >= 15 is 0 Å². The molecule has 0 heterocycles. The zero-order valence-electron chi connectivity index (χ0n) is 21.4. The van der Waals surface area contributed by atoms with Crippen molar-refractivity contribution < 1.29 is 9.90 Å². The lowest BCUT2D eigenvalue weighted by atomic mass is 9.47. The fourth-order valence-corrected chi connectivity index (χ4v) is 8.78. The summed E-state index contributed by atoms with van der Waals surface area (Å²) in [5, 5.41) is 10.2. The van der Waals surface area contributed by atoms with E-state index in [9.17, 15) is 9.90 Å². The first-order valence-electron chi connectivity index (χ1n) is 14.0. The highest BCUT2D eigenvalue weighted by Crippen LogP contribution is 2.66. The van der Waals surface area contributed by atoms with Gasteiger partial charge in [-0.1, -0.05) is 39.3 Å². The number of carbonyl (C=O) groups is 1. The lowest BCUT2D eigenvalue weighted by Gasteiger charge is -2.58. The summed E-state index contributed by atoms with van der Waals surface area (Å²) in [4.78, 5) is 14.8. The number of hydrogen-bond acceptors (Lipinski definition) is 2. The lowest BCUT2D eigenvalue weighted by molar-refractivity contribution is -0.131. The van der Waals surface area contributed by atoms with Crippen molar-refractivity contribution in [3.05, 3.63) is 11.6 Å².